The zero-order valence-corrected chi connectivity index (χ0v) is 12.5. The van der Waals surface area contributed by atoms with Crippen molar-refractivity contribution < 1.29 is 30.7 Å². The minimum Gasteiger partial charge on any atom is -0.230 e. The molecule has 120 valence electrons. The Morgan fingerprint density at radius 2 is 1.36 bits per heavy atom. The van der Waals surface area contributed by atoms with Gasteiger partial charge in [0.25, 0.3) is 0 Å². The van der Waals surface area contributed by atoms with Crippen molar-refractivity contribution >= 4 is 15.9 Å². The number of aryl methyl sites for hydroxylation is 1. The lowest BCUT2D eigenvalue weighted by Gasteiger charge is -2.14. The van der Waals surface area contributed by atoms with E-state index in [1.807, 2.05) is 0 Å². The molecule has 0 spiro atoms. The molecule has 2 rings (SSSR count). The largest absolute Gasteiger partial charge is 0.422 e. The Bertz CT molecular complexity index is 735. The first-order valence-corrected chi connectivity index (χ1v) is 6.43. The summed E-state index contributed by atoms with van der Waals surface area (Å²) in [5, 5.41) is 3.65. The molecule has 0 amide bonds. The van der Waals surface area contributed by atoms with Crippen molar-refractivity contribution in [3.63, 3.8) is 0 Å². The van der Waals surface area contributed by atoms with Crippen molar-refractivity contribution in [1.29, 1.82) is 0 Å². The molecule has 0 aliphatic carbocycles. The van der Waals surface area contributed by atoms with Crippen LogP contribution < -0.4 is 0 Å². The van der Waals surface area contributed by atoms with Gasteiger partial charge in [-0.2, -0.15) is 18.3 Å². The van der Waals surface area contributed by atoms with Crippen molar-refractivity contribution in [3.8, 4) is 5.69 Å². The first kappa shape index (κ1) is 16.8. The topological polar surface area (TPSA) is 17.8 Å². The van der Waals surface area contributed by atoms with Crippen LogP contribution in [0.1, 0.15) is 17.0 Å². The van der Waals surface area contributed by atoms with Gasteiger partial charge in [0.15, 0.2) is 23.3 Å². The minimum atomic E-state index is -5.58. The van der Waals surface area contributed by atoms with Gasteiger partial charge in [-0.25, -0.2) is 22.2 Å². The monoisotopic (exact) mass is 390 g/mol. The van der Waals surface area contributed by atoms with Gasteiger partial charge in [0, 0.05) is 0 Å². The van der Waals surface area contributed by atoms with Crippen molar-refractivity contribution in [2.24, 2.45) is 0 Å². The first-order valence-electron chi connectivity index (χ1n) is 5.63. The molecule has 2 aromatic rings. The average Bonchev–Trinajstić information content (AvgIpc) is 2.64. The summed E-state index contributed by atoms with van der Waals surface area (Å²) in [6.45, 7) is 2.75. The molecule has 0 saturated carbocycles. The van der Waals surface area contributed by atoms with E-state index in [1.54, 1.807) is 0 Å². The Hall–Kier alpha value is -1.58. The lowest BCUT2D eigenvalue weighted by atomic mass is 10.1. The van der Waals surface area contributed by atoms with Crippen LogP contribution in [0.4, 0.5) is 30.7 Å². The second-order valence-electron chi connectivity index (χ2n) is 4.37. The highest BCUT2D eigenvalue weighted by Gasteiger charge is 2.43. The van der Waals surface area contributed by atoms with Crippen molar-refractivity contribution in [2.75, 3.05) is 0 Å². The van der Waals surface area contributed by atoms with E-state index in [0.717, 1.165) is 0 Å². The summed E-state index contributed by atoms with van der Waals surface area (Å²) in [6, 6.07) is 0. The van der Waals surface area contributed by atoms with Gasteiger partial charge in [-0.3, -0.25) is 0 Å². The smallest absolute Gasteiger partial charge is 0.230 e. The van der Waals surface area contributed by atoms with E-state index in [-0.39, 0.29) is 11.4 Å². The molecule has 1 aromatic heterocycles. The third-order valence-corrected chi connectivity index (χ3v) is 4.09. The lowest BCUT2D eigenvalue weighted by Crippen LogP contribution is -2.18. The van der Waals surface area contributed by atoms with Gasteiger partial charge < -0.3 is 0 Å². The maximum absolute atomic E-state index is 13.9. The van der Waals surface area contributed by atoms with Crippen molar-refractivity contribution in [1.82, 2.24) is 9.78 Å². The molecule has 22 heavy (non-hydrogen) atoms. The Balaban J connectivity index is 2.88. The van der Waals surface area contributed by atoms with Gasteiger partial charge in [0.05, 0.1) is 15.9 Å². The first-order chi connectivity index (χ1) is 9.98. The Labute approximate surface area is 127 Å². The van der Waals surface area contributed by atoms with E-state index >= 15 is 0 Å². The summed E-state index contributed by atoms with van der Waals surface area (Å²) in [4.78, 5) is 0. The summed E-state index contributed by atoms with van der Waals surface area (Å²) >= 11 is 3.03. The summed E-state index contributed by atoms with van der Waals surface area (Å²) in [7, 11) is 0. The van der Waals surface area contributed by atoms with E-state index in [2.05, 4.69) is 21.0 Å². The highest BCUT2D eigenvalue weighted by Crippen LogP contribution is 2.38. The van der Waals surface area contributed by atoms with Crippen LogP contribution in [-0.2, 0) is 6.18 Å². The zero-order valence-electron chi connectivity index (χ0n) is 10.9. The van der Waals surface area contributed by atoms with Gasteiger partial charge in [-0.1, -0.05) is 0 Å². The zero-order chi connectivity index (χ0) is 17.0. The molecule has 0 fully saturated rings. The fraction of sp³-hybridized carbons (Fsp3) is 0.250. The van der Waals surface area contributed by atoms with Crippen LogP contribution in [0, 0.1) is 37.1 Å². The Kier molecular flexibility index (Phi) is 4.01. The highest BCUT2D eigenvalue weighted by atomic mass is 79.9. The number of nitrogens with zero attached hydrogens (tertiary/aromatic N) is 2. The molecule has 0 saturated heterocycles. The second kappa shape index (κ2) is 5.25. The van der Waals surface area contributed by atoms with E-state index < -0.39 is 40.7 Å². The average molecular weight is 391 g/mol. The fourth-order valence-electron chi connectivity index (χ4n) is 1.90. The molecule has 0 aliphatic heterocycles. The molecular formula is C12H6BrF7N2. The molecule has 0 unspecified atom stereocenters. The number of alkyl halides is 3. The number of aromatic nitrogens is 2. The fourth-order valence-corrected chi connectivity index (χ4v) is 2.14. The molecule has 0 bridgehead atoms. The highest BCUT2D eigenvalue weighted by molar-refractivity contribution is 9.10. The minimum absolute atomic E-state index is 0.0638. The van der Waals surface area contributed by atoms with Crippen LogP contribution in [-0.4, -0.2) is 9.78 Å². The molecular weight excluding hydrogens is 385 g/mol. The lowest BCUT2D eigenvalue weighted by molar-refractivity contribution is -0.143. The standard InChI is InChI=1S/C12H6BrF7N2/c1-3-6(13)4(2)22(21-3)11-9(16)7(14)5(12(18,19)20)8(15)10(11)17/h1-2H3. The third kappa shape index (κ3) is 2.38. The van der Waals surface area contributed by atoms with Gasteiger partial charge in [0.1, 0.15) is 11.3 Å². The van der Waals surface area contributed by atoms with Crippen LogP contribution >= 0.6 is 15.9 Å². The molecule has 0 N–H and O–H groups in total. The van der Waals surface area contributed by atoms with Crippen LogP contribution in [0.3, 0.4) is 0 Å². The molecule has 10 heteroatoms. The van der Waals surface area contributed by atoms with Gasteiger partial charge in [0.2, 0.25) is 0 Å². The number of halogens is 8. The SMILES string of the molecule is Cc1nn(-c2c(F)c(F)c(C(F)(F)F)c(F)c2F)c(C)c1Br. The number of rotatable bonds is 1. The molecule has 1 heterocycles. The Morgan fingerprint density at radius 3 is 1.68 bits per heavy atom. The Morgan fingerprint density at radius 1 is 0.909 bits per heavy atom. The normalized spacial score (nSPS) is 12.1. The van der Waals surface area contributed by atoms with Gasteiger partial charge in [-0.15, -0.1) is 0 Å². The molecule has 1 aromatic carbocycles. The van der Waals surface area contributed by atoms with Gasteiger partial charge in [-0.05, 0) is 29.8 Å². The number of benzene rings is 1. The molecule has 0 aliphatic rings. The van der Waals surface area contributed by atoms with Crippen LogP contribution in [0.2, 0.25) is 0 Å². The summed E-state index contributed by atoms with van der Waals surface area (Å²) in [6.07, 6.45) is -5.58. The van der Waals surface area contributed by atoms with Crippen LogP contribution in [0.5, 0.6) is 0 Å². The number of hydrogen-bond acceptors (Lipinski definition) is 1. The van der Waals surface area contributed by atoms with E-state index in [9.17, 15) is 30.7 Å². The summed E-state index contributed by atoms with van der Waals surface area (Å²) in [5.41, 5.74) is -3.67. The molecule has 0 atom stereocenters. The van der Waals surface area contributed by atoms with Gasteiger partial charge >= 0.3 is 6.18 Å². The van der Waals surface area contributed by atoms with Crippen LogP contribution in [0.25, 0.3) is 5.69 Å². The third-order valence-electron chi connectivity index (χ3n) is 2.94. The van der Waals surface area contributed by atoms with Crippen molar-refractivity contribution in [2.45, 2.75) is 20.0 Å². The van der Waals surface area contributed by atoms with E-state index in [1.165, 1.54) is 13.8 Å². The second-order valence-corrected chi connectivity index (χ2v) is 5.17. The maximum atomic E-state index is 13.9. The number of hydrogen-bond donors (Lipinski definition) is 0. The predicted octanol–water partition coefficient (Wildman–Crippen LogP) is 4.83. The van der Waals surface area contributed by atoms with E-state index in [0.29, 0.717) is 9.15 Å². The maximum Gasteiger partial charge on any atom is 0.422 e. The summed E-state index contributed by atoms with van der Waals surface area (Å²) < 4.78 is 93.2. The molecule has 0 radical (unpaired) electrons. The summed E-state index contributed by atoms with van der Waals surface area (Å²) in [5.74, 6) is -9.40. The van der Waals surface area contributed by atoms with Crippen LogP contribution in [0.15, 0.2) is 4.47 Å². The predicted molar refractivity (Wildman–Crippen MR) is 65.6 cm³/mol. The van der Waals surface area contributed by atoms with E-state index in [4.69, 9.17) is 0 Å². The quantitative estimate of drug-likeness (QED) is 0.503. The molecule has 2 nitrogen and oxygen atoms in total. The van der Waals surface area contributed by atoms with Crippen molar-refractivity contribution in [3.05, 3.63) is 44.7 Å².